The van der Waals surface area contributed by atoms with Gasteiger partial charge in [0.05, 0.1) is 18.8 Å². The zero-order valence-corrected chi connectivity index (χ0v) is 17.8. The summed E-state index contributed by atoms with van der Waals surface area (Å²) >= 11 is 0. The number of carbonyl (C=O) groups is 1. The average Bonchev–Trinajstić information content (AvgIpc) is 3.58. The molecule has 1 heterocycles. The Balaban J connectivity index is 1.33. The van der Waals surface area contributed by atoms with E-state index in [9.17, 15) is 14.3 Å². The topological polar surface area (TPSA) is 53.0 Å². The van der Waals surface area contributed by atoms with Crippen LogP contribution in [0.5, 0.6) is 0 Å². The minimum absolute atomic E-state index is 0.0725. The van der Waals surface area contributed by atoms with Crippen molar-refractivity contribution in [2.75, 3.05) is 39.3 Å². The summed E-state index contributed by atoms with van der Waals surface area (Å²) in [7, 11) is 0. The molecule has 2 fully saturated rings. The number of halogens is 1. The molecule has 0 aromatic heterocycles. The monoisotopic (exact) mass is 426 g/mol. The summed E-state index contributed by atoms with van der Waals surface area (Å²) in [5, 5.41) is 10.5. The number of hydrogen-bond donors (Lipinski definition) is 1. The van der Waals surface area contributed by atoms with Gasteiger partial charge in [0.1, 0.15) is 5.82 Å². The smallest absolute Gasteiger partial charge is 0.253 e. The molecular formula is C25H31FN2O3. The lowest BCUT2D eigenvalue weighted by atomic mass is 10.1. The van der Waals surface area contributed by atoms with Crippen LogP contribution in [0.3, 0.4) is 0 Å². The van der Waals surface area contributed by atoms with Crippen molar-refractivity contribution >= 4 is 5.91 Å². The molecule has 2 aromatic rings. The first-order chi connectivity index (χ1) is 15.1. The molecule has 1 amide bonds. The molecular weight excluding hydrogens is 395 g/mol. The van der Waals surface area contributed by atoms with Gasteiger partial charge in [-0.25, -0.2) is 4.39 Å². The van der Waals surface area contributed by atoms with Gasteiger partial charge in [0.15, 0.2) is 0 Å². The third-order valence-corrected chi connectivity index (χ3v) is 5.98. The Kier molecular flexibility index (Phi) is 7.33. The fourth-order valence-corrected chi connectivity index (χ4v) is 4.18. The molecule has 0 spiro atoms. The number of nitrogens with zero attached hydrogens (tertiary/aromatic N) is 2. The highest BCUT2D eigenvalue weighted by molar-refractivity contribution is 5.94. The summed E-state index contributed by atoms with van der Waals surface area (Å²) in [6.45, 7) is 3.86. The van der Waals surface area contributed by atoms with Crippen LogP contribution in [0.1, 0.15) is 28.8 Å². The Morgan fingerprint density at radius 2 is 1.87 bits per heavy atom. The van der Waals surface area contributed by atoms with Crippen LogP contribution in [-0.4, -0.2) is 72.4 Å². The Hall–Kier alpha value is -2.28. The highest BCUT2D eigenvalue weighted by atomic mass is 19.1. The Bertz CT molecular complexity index is 842. The van der Waals surface area contributed by atoms with Gasteiger partial charge in [0.25, 0.3) is 5.91 Å². The van der Waals surface area contributed by atoms with Gasteiger partial charge in [-0.2, -0.15) is 0 Å². The standard InChI is InChI=1S/C25H31FN2O3/c26-22-10-8-21(9-11-22)25(30)28(15-20-6-7-20)18-24-17-27(12-13-31-24)16-23(29)14-19-4-2-1-3-5-19/h1-5,8-11,20,23-24,29H,6-7,12-18H2/t23-,24+/m0/s1. The summed E-state index contributed by atoms with van der Waals surface area (Å²) in [6, 6.07) is 15.8. The molecule has 0 radical (unpaired) electrons. The van der Waals surface area contributed by atoms with Crippen molar-refractivity contribution in [2.24, 2.45) is 5.92 Å². The van der Waals surface area contributed by atoms with Gasteiger partial charge in [-0.15, -0.1) is 0 Å². The molecule has 2 atom stereocenters. The largest absolute Gasteiger partial charge is 0.391 e. The second-order valence-corrected chi connectivity index (χ2v) is 8.76. The van der Waals surface area contributed by atoms with E-state index >= 15 is 0 Å². The molecule has 1 aliphatic carbocycles. The predicted molar refractivity (Wildman–Crippen MR) is 117 cm³/mol. The third kappa shape index (κ3) is 6.60. The molecule has 1 aliphatic heterocycles. The van der Waals surface area contributed by atoms with Gasteiger partial charge < -0.3 is 14.7 Å². The number of carbonyl (C=O) groups excluding carboxylic acids is 1. The summed E-state index contributed by atoms with van der Waals surface area (Å²) in [4.78, 5) is 17.1. The molecule has 0 bridgehead atoms. The van der Waals surface area contributed by atoms with Crippen molar-refractivity contribution in [1.29, 1.82) is 0 Å². The first-order valence-corrected chi connectivity index (χ1v) is 11.2. The Morgan fingerprint density at radius 3 is 2.58 bits per heavy atom. The van der Waals surface area contributed by atoms with Crippen molar-refractivity contribution < 1.29 is 19.0 Å². The van der Waals surface area contributed by atoms with Gasteiger partial charge in [0, 0.05) is 38.3 Å². The summed E-state index contributed by atoms with van der Waals surface area (Å²) in [6.07, 6.45) is 2.39. The summed E-state index contributed by atoms with van der Waals surface area (Å²) in [5.74, 6) is 0.138. The number of β-amino-alcohol motifs (C(OH)–C–C–N with tert-alkyl or cyclic N) is 1. The van der Waals surface area contributed by atoms with E-state index in [1.54, 1.807) is 12.1 Å². The van der Waals surface area contributed by atoms with E-state index in [0.29, 0.717) is 50.7 Å². The van der Waals surface area contributed by atoms with Crippen molar-refractivity contribution in [2.45, 2.75) is 31.5 Å². The van der Waals surface area contributed by atoms with E-state index in [1.807, 2.05) is 35.2 Å². The van der Waals surface area contributed by atoms with Gasteiger partial charge in [-0.05, 0) is 55.0 Å². The fourth-order valence-electron chi connectivity index (χ4n) is 4.18. The number of hydrogen-bond acceptors (Lipinski definition) is 4. The zero-order chi connectivity index (χ0) is 21.6. The number of ether oxygens (including phenoxy) is 1. The predicted octanol–water partition coefficient (Wildman–Crippen LogP) is 2.98. The van der Waals surface area contributed by atoms with Gasteiger partial charge in [-0.1, -0.05) is 30.3 Å². The van der Waals surface area contributed by atoms with Crippen LogP contribution in [0.2, 0.25) is 0 Å². The Morgan fingerprint density at radius 1 is 1.13 bits per heavy atom. The molecule has 0 unspecified atom stereocenters. The van der Waals surface area contributed by atoms with E-state index in [4.69, 9.17) is 4.74 Å². The third-order valence-electron chi connectivity index (χ3n) is 5.98. The SMILES string of the molecule is O=C(c1ccc(F)cc1)N(CC1CC1)C[C@H]1CN(C[C@@H](O)Cc2ccccc2)CCO1. The molecule has 2 aliphatic rings. The molecule has 5 nitrogen and oxygen atoms in total. The van der Waals surface area contributed by atoms with Crippen molar-refractivity contribution in [1.82, 2.24) is 9.80 Å². The molecule has 166 valence electrons. The molecule has 6 heteroatoms. The van der Waals surface area contributed by atoms with E-state index in [-0.39, 0.29) is 17.8 Å². The number of aliphatic hydroxyl groups is 1. The Labute approximate surface area is 183 Å². The first-order valence-electron chi connectivity index (χ1n) is 11.2. The van der Waals surface area contributed by atoms with E-state index in [1.165, 1.54) is 12.1 Å². The van der Waals surface area contributed by atoms with Gasteiger partial charge >= 0.3 is 0 Å². The number of rotatable bonds is 9. The van der Waals surface area contributed by atoms with Crippen LogP contribution >= 0.6 is 0 Å². The van der Waals surface area contributed by atoms with Gasteiger partial charge in [-0.3, -0.25) is 9.69 Å². The highest BCUT2D eigenvalue weighted by Crippen LogP contribution is 2.30. The quantitative estimate of drug-likeness (QED) is 0.670. The van der Waals surface area contributed by atoms with Crippen LogP contribution in [-0.2, 0) is 11.2 Å². The molecule has 31 heavy (non-hydrogen) atoms. The van der Waals surface area contributed by atoms with E-state index < -0.39 is 6.10 Å². The summed E-state index contributed by atoms with van der Waals surface area (Å²) in [5.41, 5.74) is 1.63. The molecule has 4 rings (SSSR count). The van der Waals surface area contributed by atoms with E-state index in [0.717, 1.165) is 24.9 Å². The minimum atomic E-state index is -0.440. The molecule has 1 saturated heterocycles. The van der Waals surface area contributed by atoms with Crippen molar-refractivity contribution in [3.8, 4) is 0 Å². The van der Waals surface area contributed by atoms with Crippen LogP contribution in [0, 0.1) is 11.7 Å². The fraction of sp³-hybridized carbons (Fsp3) is 0.480. The maximum atomic E-state index is 13.3. The van der Waals surface area contributed by atoms with Crippen LogP contribution in [0.4, 0.5) is 4.39 Å². The number of amides is 1. The number of benzene rings is 2. The van der Waals surface area contributed by atoms with Crippen LogP contribution in [0.15, 0.2) is 54.6 Å². The van der Waals surface area contributed by atoms with Gasteiger partial charge in [0.2, 0.25) is 0 Å². The van der Waals surface area contributed by atoms with E-state index in [2.05, 4.69) is 4.90 Å². The number of aliphatic hydroxyl groups excluding tert-OH is 1. The zero-order valence-electron chi connectivity index (χ0n) is 17.8. The lowest BCUT2D eigenvalue weighted by Gasteiger charge is -2.36. The second kappa shape index (κ2) is 10.4. The maximum Gasteiger partial charge on any atom is 0.253 e. The molecule has 1 N–H and O–H groups in total. The lowest BCUT2D eigenvalue weighted by Crippen LogP contribution is -2.50. The van der Waals surface area contributed by atoms with Crippen molar-refractivity contribution in [3.63, 3.8) is 0 Å². The van der Waals surface area contributed by atoms with Crippen LogP contribution in [0.25, 0.3) is 0 Å². The lowest BCUT2D eigenvalue weighted by molar-refractivity contribution is -0.0506. The summed E-state index contributed by atoms with van der Waals surface area (Å²) < 4.78 is 19.2. The first kappa shape index (κ1) is 21.9. The highest BCUT2D eigenvalue weighted by Gasteiger charge is 2.31. The second-order valence-electron chi connectivity index (χ2n) is 8.76. The minimum Gasteiger partial charge on any atom is -0.391 e. The molecule has 2 aromatic carbocycles. The van der Waals surface area contributed by atoms with Crippen LogP contribution < -0.4 is 0 Å². The molecule has 1 saturated carbocycles. The van der Waals surface area contributed by atoms with Crippen molar-refractivity contribution in [3.05, 3.63) is 71.5 Å². The maximum absolute atomic E-state index is 13.3. The average molecular weight is 427 g/mol. The number of morpholine rings is 1. The normalized spacial score (nSPS) is 20.4.